The van der Waals surface area contributed by atoms with E-state index >= 15 is 0 Å². The van der Waals surface area contributed by atoms with Crippen molar-refractivity contribution in [3.63, 3.8) is 0 Å². The first-order valence-electron chi connectivity index (χ1n) is 6.21. The zero-order valence-electron chi connectivity index (χ0n) is 10.5. The molecule has 1 unspecified atom stereocenters. The van der Waals surface area contributed by atoms with Crippen molar-refractivity contribution in [3.8, 4) is 0 Å². The summed E-state index contributed by atoms with van der Waals surface area (Å²) in [6, 6.07) is 0.618. The van der Waals surface area contributed by atoms with E-state index in [9.17, 15) is 0 Å². The smallest absolute Gasteiger partial charge is 0.0424 e. The summed E-state index contributed by atoms with van der Waals surface area (Å²) in [5.74, 6) is 2.54. The van der Waals surface area contributed by atoms with E-state index in [-0.39, 0.29) is 5.54 Å². The summed E-state index contributed by atoms with van der Waals surface area (Å²) >= 11 is 2.08. The van der Waals surface area contributed by atoms with Gasteiger partial charge in [0.1, 0.15) is 0 Å². The van der Waals surface area contributed by atoms with Crippen LogP contribution in [0.3, 0.4) is 0 Å². The maximum atomic E-state index is 6.05. The lowest BCUT2D eigenvalue weighted by atomic mass is 9.91. The highest BCUT2D eigenvalue weighted by atomic mass is 32.2. The predicted octanol–water partition coefficient (Wildman–Crippen LogP) is 2.33. The topological polar surface area (TPSA) is 29.3 Å². The molecule has 1 rings (SSSR count). The fourth-order valence-electron chi connectivity index (χ4n) is 2.63. The second kappa shape index (κ2) is 6.12. The predicted molar refractivity (Wildman–Crippen MR) is 70.5 cm³/mol. The Balaban J connectivity index is 2.74. The number of nitrogens with zero attached hydrogens (tertiary/aromatic N) is 1. The quantitative estimate of drug-likeness (QED) is 0.786. The molecule has 1 heterocycles. The van der Waals surface area contributed by atoms with Crippen LogP contribution in [0, 0.1) is 0 Å². The van der Waals surface area contributed by atoms with Crippen LogP contribution in [-0.4, -0.2) is 41.1 Å². The highest BCUT2D eigenvalue weighted by Crippen LogP contribution is 2.32. The maximum absolute atomic E-state index is 6.05. The monoisotopic (exact) mass is 230 g/mol. The van der Waals surface area contributed by atoms with Gasteiger partial charge in [-0.15, -0.1) is 0 Å². The number of hydrogen-bond donors (Lipinski definition) is 1. The first-order valence-corrected chi connectivity index (χ1v) is 7.36. The molecule has 3 heteroatoms. The molecule has 1 aliphatic heterocycles. The Morgan fingerprint density at radius 1 is 1.47 bits per heavy atom. The fraction of sp³-hybridized carbons (Fsp3) is 1.00. The zero-order valence-corrected chi connectivity index (χ0v) is 11.3. The van der Waals surface area contributed by atoms with Crippen LogP contribution in [0.2, 0.25) is 0 Å². The van der Waals surface area contributed by atoms with Crippen molar-refractivity contribution in [2.24, 2.45) is 5.73 Å². The molecule has 15 heavy (non-hydrogen) atoms. The summed E-state index contributed by atoms with van der Waals surface area (Å²) in [7, 11) is 0. The van der Waals surface area contributed by atoms with Gasteiger partial charge in [0.05, 0.1) is 0 Å². The Morgan fingerprint density at radius 3 is 2.60 bits per heavy atom. The van der Waals surface area contributed by atoms with E-state index in [0.717, 1.165) is 6.54 Å². The minimum atomic E-state index is 0.285. The zero-order chi connectivity index (χ0) is 11.3. The number of hydrogen-bond acceptors (Lipinski definition) is 3. The van der Waals surface area contributed by atoms with Crippen molar-refractivity contribution in [2.45, 2.75) is 51.6 Å². The van der Waals surface area contributed by atoms with Crippen LogP contribution in [0.1, 0.15) is 40.0 Å². The molecule has 1 aliphatic rings. The average Bonchev–Trinajstić information content (AvgIpc) is 2.26. The third-order valence-electron chi connectivity index (χ3n) is 3.38. The molecule has 0 saturated carbocycles. The van der Waals surface area contributed by atoms with Crippen molar-refractivity contribution < 1.29 is 0 Å². The van der Waals surface area contributed by atoms with Crippen molar-refractivity contribution in [1.82, 2.24) is 4.90 Å². The molecule has 90 valence electrons. The molecule has 1 atom stereocenters. The summed E-state index contributed by atoms with van der Waals surface area (Å²) in [4.78, 5) is 2.64. The second-order valence-corrected chi connectivity index (χ2v) is 5.98. The minimum Gasteiger partial charge on any atom is -0.329 e. The van der Waals surface area contributed by atoms with Gasteiger partial charge in [0.15, 0.2) is 0 Å². The van der Waals surface area contributed by atoms with Crippen LogP contribution in [0.25, 0.3) is 0 Å². The standard InChI is InChI=1S/C12H26N2S/c1-4-7-14(11(2)3)12(9-13)6-5-8-15-10-12/h11H,4-10,13H2,1-3H3. The van der Waals surface area contributed by atoms with Crippen molar-refractivity contribution in [1.29, 1.82) is 0 Å². The molecule has 1 saturated heterocycles. The SMILES string of the molecule is CCCN(C(C)C)C1(CN)CCCSC1. The summed E-state index contributed by atoms with van der Waals surface area (Å²) in [5, 5.41) is 0. The Labute approximate surface area is 99.0 Å². The molecule has 0 aromatic rings. The maximum Gasteiger partial charge on any atom is 0.0424 e. The first kappa shape index (κ1) is 13.3. The number of thioether (sulfide) groups is 1. The van der Waals surface area contributed by atoms with Gasteiger partial charge in [-0.2, -0.15) is 11.8 Å². The molecular formula is C12H26N2S. The fourth-order valence-corrected chi connectivity index (χ4v) is 3.93. The van der Waals surface area contributed by atoms with Gasteiger partial charge in [0, 0.05) is 23.9 Å². The van der Waals surface area contributed by atoms with Gasteiger partial charge in [0.2, 0.25) is 0 Å². The molecule has 2 nitrogen and oxygen atoms in total. The molecule has 0 aromatic carbocycles. The average molecular weight is 230 g/mol. The third-order valence-corrected chi connectivity index (χ3v) is 4.70. The Hall–Kier alpha value is 0.270. The second-order valence-electron chi connectivity index (χ2n) is 4.87. The molecular weight excluding hydrogens is 204 g/mol. The lowest BCUT2D eigenvalue weighted by molar-refractivity contribution is 0.0696. The summed E-state index contributed by atoms with van der Waals surface area (Å²) in [5.41, 5.74) is 6.34. The van der Waals surface area contributed by atoms with Crippen molar-refractivity contribution in [2.75, 3.05) is 24.6 Å². The van der Waals surface area contributed by atoms with Crippen LogP contribution in [0.4, 0.5) is 0 Å². The highest BCUT2D eigenvalue weighted by Gasteiger charge is 2.37. The minimum absolute atomic E-state index is 0.285. The van der Waals surface area contributed by atoms with Gasteiger partial charge in [-0.25, -0.2) is 0 Å². The normalized spacial score (nSPS) is 27.6. The lowest BCUT2D eigenvalue weighted by Gasteiger charge is -2.48. The Kier molecular flexibility index (Phi) is 5.44. The van der Waals surface area contributed by atoms with E-state index in [1.807, 2.05) is 0 Å². The van der Waals surface area contributed by atoms with Gasteiger partial charge < -0.3 is 5.73 Å². The number of rotatable bonds is 5. The number of nitrogens with two attached hydrogens (primary N) is 1. The van der Waals surface area contributed by atoms with E-state index in [1.165, 1.54) is 37.3 Å². The lowest BCUT2D eigenvalue weighted by Crippen LogP contribution is -2.59. The summed E-state index contributed by atoms with van der Waals surface area (Å²) < 4.78 is 0. The van der Waals surface area contributed by atoms with Crippen LogP contribution in [0.15, 0.2) is 0 Å². The van der Waals surface area contributed by atoms with E-state index in [4.69, 9.17) is 5.73 Å². The molecule has 0 bridgehead atoms. The largest absolute Gasteiger partial charge is 0.329 e. The van der Waals surface area contributed by atoms with E-state index in [1.54, 1.807) is 0 Å². The molecule has 0 radical (unpaired) electrons. The van der Waals surface area contributed by atoms with Crippen molar-refractivity contribution in [3.05, 3.63) is 0 Å². The molecule has 1 fully saturated rings. The van der Waals surface area contributed by atoms with Crippen molar-refractivity contribution >= 4 is 11.8 Å². The van der Waals surface area contributed by atoms with Crippen LogP contribution < -0.4 is 5.73 Å². The van der Waals surface area contributed by atoms with Crippen LogP contribution in [0.5, 0.6) is 0 Å². The first-order chi connectivity index (χ1) is 7.16. The van der Waals surface area contributed by atoms with Gasteiger partial charge >= 0.3 is 0 Å². The molecule has 0 aromatic heterocycles. The summed E-state index contributed by atoms with van der Waals surface area (Å²) in [6.45, 7) is 8.86. The Morgan fingerprint density at radius 2 is 2.20 bits per heavy atom. The highest BCUT2D eigenvalue weighted by molar-refractivity contribution is 7.99. The van der Waals surface area contributed by atoms with E-state index < -0.39 is 0 Å². The van der Waals surface area contributed by atoms with Gasteiger partial charge in [-0.1, -0.05) is 6.92 Å². The van der Waals surface area contributed by atoms with Gasteiger partial charge in [-0.3, -0.25) is 4.90 Å². The molecule has 2 N–H and O–H groups in total. The molecule has 0 spiro atoms. The summed E-state index contributed by atoms with van der Waals surface area (Å²) in [6.07, 6.45) is 3.84. The Bertz CT molecular complexity index is 176. The van der Waals surface area contributed by atoms with Crippen LogP contribution in [-0.2, 0) is 0 Å². The van der Waals surface area contributed by atoms with E-state index in [0.29, 0.717) is 6.04 Å². The third kappa shape index (κ3) is 3.11. The van der Waals surface area contributed by atoms with Gasteiger partial charge in [0.25, 0.3) is 0 Å². The molecule has 0 amide bonds. The van der Waals surface area contributed by atoms with Gasteiger partial charge in [-0.05, 0) is 45.4 Å². The van der Waals surface area contributed by atoms with Crippen LogP contribution >= 0.6 is 11.8 Å². The molecule has 0 aliphatic carbocycles. The van der Waals surface area contributed by atoms with E-state index in [2.05, 4.69) is 37.4 Å².